The maximum atomic E-state index is 12.2. The maximum absolute atomic E-state index is 12.2. The van der Waals surface area contributed by atoms with Crippen LogP contribution in [0.4, 0.5) is 5.69 Å². The van der Waals surface area contributed by atoms with Gasteiger partial charge in [0.05, 0.1) is 20.3 Å². The third-order valence-corrected chi connectivity index (χ3v) is 4.25. The zero-order valence-corrected chi connectivity index (χ0v) is 13.6. The summed E-state index contributed by atoms with van der Waals surface area (Å²) >= 11 is 5.91. The lowest BCUT2D eigenvalue weighted by Gasteiger charge is -2.45. The van der Waals surface area contributed by atoms with Gasteiger partial charge in [0, 0.05) is 10.7 Å². The number of nitrogens with two attached hydrogens (primary N) is 1. The third-order valence-electron chi connectivity index (χ3n) is 3.99. The summed E-state index contributed by atoms with van der Waals surface area (Å²) < 4.78 is 10.6. The highest BCUT2D eigenvalue weighted by Crippen LogP contribution is 2.41. The zero-order chi connectivity index (χ0) is 16.6. The molecule has 2 atom stereocenters. The van der Waals surface area contributed by atoms with E-state index in [1.807, 2.05) is 18.2 Å². The number of hydrogen-bond donors (Lipinski definition) is 1. The number of halogens is 1. The second-order valence-electron chi connectivity index (χ2n) is 5.27. The first-order valence-electron chi connectivity index (χ1n) is 7.13. The molecule has 0 aliphatic carbocycles. The van der Waals surface area contributed by atoms with Gasteiger partial charge in [-0.05, 0) is 42.0 Å². The number of hydrogen-bond acceptors (Lipinski definition) is 4. The Kier molecular flexibility index (Phi) is 4.15. The van der Waals surface area contributed by atoms with E-state index in [9.17, 15) is 4.79 Å². The number of rotatable bonds is 4. The first-order valence-corrected chi connectivity index (χ1v) is 7.50. The lowest BCUT2D eigenvalue weighted by molar-refractivity contribution is -0.126. The lowest BCUT2D eigenvalue weighted by atomic mass is 9.88. The Balaban J connectivity index is 1.97. The Morgan fingerprint density at radius 1 is 1.04 bits per heavy atom. The topological polar surface area (TPSA) is 64.8 Å². The summed E-state index contributed by atoms with van der Waals surface area (Å²) in [5.41, 5.74) is 7.69. The normalized spacial score (nSPS) is 20.2. The smallest absolute Gasteiger partial charge is 0.247 e. The molecule has 0 aromatic heterocycles. The number of carbonyl (C=O) groups is 1. The van der Waals surface area contributed by atoms with Crippen LogP contribution in [0.25, 0.3) is 0 Å². The van der Waals surface area contributed by atoms with Gasteiger partial charge >= 0.3 is 0 Å². The summed E-state index contributed by atoms with van der Waals surface area (Å²) in [6.45, 7) is 0. The highest BCUT2D eigenvalue weighted by atomic mass is 35.5. The van der Waals surface area contributed by atoms with Gasteiger partial charge < -0.3 is 20.1 Å². The van der Waals surface area contributed by atoms with E-state index >= 15 is 0 Å². The quantitative estimate of drug-likeness (QED) is 0.874. The molecule has 0 radical (unpaired) electrons. The van der Waals surface area contributed by atoms with Crippen molar-refractivity contribution in [3.05, 3.63) is 53.1 Å². The summed E-state index contributed by atoms with van der Waals surface area (Å²) in [5, 5.41) is 0.619. The maximum Gasteiger partial charge on any atom is 0.247 e. The van der Waals surface area contributed by atoms with Crippen molar-refractivity contribution in [2.24, 2.45) is 5.73 Å². The van der Waals surface area contributed by atoms with Crippen LogP contribution in [0, 0.1) is 0 Å². The van der Waals surface area contributed by atoms with Crippen LogP contribution in [0.2, 0.25) is 5.02 Å². The molecular formula is C17H17ClN2O3. The van der Waals surface area contributed by atoms with Gasteiger partial charge in [-0.3, -0.25) is 4.79 Å². The Morgan fingerprint density at radius 3 is 2.30 bits per heavy atom. The monoisotopic (exact) mass is 332 g/mol. The number of benzene rings is 2. The lowest BCUT2D eigenvalue weighted by Crippen LogP contribution is -2.63. The molecule has 2 aromatic rings. The molecule has 2 aromatic carbocycles. The van der Waals surface area contributed by atoms with Gasteiger partial charge in [0.2, 0.25) is 5.91 Å². The van der Waals surface area contributed by atoms with Crippen molar-refractivity contribution < 1.29 is 14.3 Å². The Labute approximate surface area is 139 Å². The van der Waals surface area contributed by atoms with Crippen LogP contribution in [-0.2, 0) is 4.79 Å². The molecule has 1 amide bonds. The molecule has 120 valence electrons. The molecule has 0 bridgehead atoms. The van der Waals surface area contributed by atoms with E-state index in [1.165, 1.54) is 0 Å². The van der Waals surface area contributed by atoms with E-state index in [4.69, 9.17) is 26.8 Å². The summed E-state index contributed by atoms with van der Waals surface area (Å²) in [4.78, 5) is 13.9. The van der Waals surface area contributed by atoms with Gasteiger partial charge in [0.15, 0.2) is 11.5 Å². The van der Waals surface area contributed by atoms with E-state index < -0.39 is 6.04 Å². The molecule has 1 saturated heterocycles. The minimum atomic E-state index is -0.580. The second-order valence-corrected chi connectivity index (χ2v) is 5.71. The van der Waals surface area contributed by atoms with Gasteiger partial charge in [-0.15, -0.1) is 0 Å². The predicted molar refractivity (Wildman–Crippen MR) is 89.2 cm³/mol. The first-order chi connectivity index (χ1) is 11.1. The molecule has 1 aliphatic rings. The van der Waals surface area contributed by atoms with Crippen molar-refractivity contribution in [2.45, 2.75) is 12.1 Å². The van der Waals surface area contributed by atoms with E-state index in [-0.39, 0.29) is 11.9 Å². The Morgan fingerprint density at radius 2 is 1.70 bits per heavy atom. The fourth-order valence-corrected chi connectivity index (χ4v) is 2.92. The number of methoxy groups -OCH3 is 2. The van der Waals surface area contributed by atoms with Crippen LogP contribution in [0.15, 0.2) is 42.5 Å². The standard InChI is InChI=1S/C17H17ClN2O3/c1-22-13-8-3-10(9-14(13)23-2)16-15(19)17(21)20(16)12-6-4-11(18)5-7-12/h3-9,15-16H,19H2,1-2H3. The van der Waals surface area contributed by atoms with Gasteiger partial charge in [0.1, 0.15) is 6.04 Å². The summed E-state index contributed by atoms with van der Waals surface area (Å²) in [7, 11) is 3.15. The molecule has 1 heterocycles. The molecule has 1 aliphatic heterocycles. The number of carbonyl (C=O) groups excluding carboxylic acids is 1. The number of amides is 1. The highest BCUT2D eigenvalue weighted by Gasteiger charge is 2.46. The SMILES string of the molecule is COc1ccc(C2C(N)C(=O)N2c2ccc(Cl)cc2)cc1OC. The van der Waals surface area contributed by atoms with Gasteiger partial charge in [0.25, 0.3) is 0 Å². The zero-order valence-electron chi connectivity index (χ0n) is 12.8. The van der Waals surface area contributed by atoms with E-state index in [2.05, 4.69) is 0 Å². The summed E-state index contributed by atoms with van der Waals surface area (Å²) in [5.74, 6) is 1.12. The van der Waals surface area contributed by atoms with Gasteiger partial charge in [-0.25, -0.2) is 0 Å². The molecule has 23 heavy (non-hydrogen) atoms. The molecule has 6 heteroatoms. The average Bonchev–Trinajstić information content (AvgIpc) is 2.59. The highest BCUT2D eigenvalue weighted by molar-refractivity contribution is 6.30. The second kappa shape index (κ2) is 6.10. The minimum Gasteiger partial charge on any atom is -0.493 e. The van der Waals surface area contributed by atoms with Crippen molar-refractivity contribution >= 4 is 23.2 Å². The Hall–Kier alpha value is -2.24. The van der Waals surface area contributed by atoms with Gasteiger partial charge in [-0.1, -0.05) is 17.7 Å². The number of anilines is 1. The number of ether oxygens (including phenoxy) is 2. The summed E-state index contributed by atoms with van der Waals surface area (Å²) in [6.07, 6.45) is 0. The molecule has 1 fully saturated rings. The molecule has 2 N–H and O–H groups in total. The van der Waals surface area contributed by atoms with Gasteiger partial charge in [-0.2, -0.15) is 0 Å². The van der Waals surface area contributed by atoms with Crippen LogP contribution in [0.3, 0.4) is 0 Å². The largest absolute Gasteiger partial charge is 0.493 e. The molecule has 0 saturated carbocycles. The van der Waals surface area contributed by atoms with Crippen LogP contribution >= 0.6 is 11.6 Å². The molecule has 3 rings (SSSR count). The van der Waals surface area contributed by atoms with Crippen LogP contribution in [-0.4, -0.2) is 26.2 Å². The Bertz CT molecular complexity index is 733. The van der Waals surface area contributed by atoms with Crippen LogP contribution in [0.1, 0.15) is 11.6 Å². The number of β-lactam (4-membered cyclic amide) rings is 1. The van der Waals surface area contributed by atoms with E-state index in [1.54, 1.807) is 43.4 Å². The molecule has 2 unspecified atom stereocenters. The molecular weight excluding hydrogens is 316 g/mol. The van der Waals surface area contributed by atoms with E-state index in [0.717, 1.165) is 11.3 Å². The van der Waals surface area contributed by atoms with Crippen molar-refractivity contribution in [1.82, 2.24) is 0 Å². The van der Waals surface area contributed by atoms with Crippen LogP contribution < -0.4 is 20.1 Å². The molecule has 5 nitrogen and oxygen atoms in total. The predicted octanol–water partition coefficient (Wildman–Crippen LogP) is 2.77. The minimum absolute atomic E-state index is 0.118. The first kappa shape index (κ1) is 15.6. The van der Waals surface area contributed by atoms with E-state index in [0.29, 0.717) is 16.5 Å². The van der Waals surface area contributed by atoms with Crippen molar-refractivity contribution in [3.63, 3.8) is 0 Å². The third kappa shape index (κ3) is 2.62. The van der Waals surface area contributed by atoms with Crippen molar-refractivity contribution in [2.75, 3.05) is 19.1 Å². The fourth-order valence-electron chi connectivity index (χ4n) is 2.79. The molecule has 0 spiro atoms. The fraction of sp³-hybridized carbons (Fsp3) is 0.235. The summed E-state index contributed by atoms with van der Waals surface area (Å²) in [6, 6.07) is 11.8. The number of nitrogens with zero attached hydrogens (tertiary/aromatic N) is 1. The van der Waals surface area contributed by atoms with Crippen molar-refractivity contribution in [3.8, 4) is 11.5 Å². The van der Waals surface area contributed by atoms with Crippen molar-refractivity contribution in [1.29, 1.82) is 0 Å². The van der Waals surface area contributed by atoms with Crippen LogP contribution in [0.5, 0.6) is 11.5 Å². The average molecular weight is 333 g/mol.